The number of carbonyl (C=O) groups excluding carboxylic acids is 1. The number of nitrogens with zero attached hydrogens (tertiary/aromatic N) is 1. The van der Waals surface area contributed by atoms with Crippen LogP contribution in [0.2, 0.25) is 5.02 Å². The van der Waals surface area contributed by atoms with Crippen molar-refractivity contribution in [2.75, 3.05) is 0 Å². The second kappa shape index (κ2) is 4.49. The number of aromatic nitrogens is 1. The standard InChI is InChI=1S/C12H10ClNO2/c1-2-12(15)16-8-3-4-11-9(7-8)10(13)5-6-14-11/h3-7H,2H2,1H3. The van der Waals surface area contributed by atoms with Crippen molar-refractivity contribution in [2.45, 2.75) is 13.3 Å². The van der Waals surface area contributed by atoms with E-state index in [-0.39, 0.29) is 5.97 Å². The second-order valence-electron chi connectivity index (χ2n) is 3.30. The summed E-state index contributed by atoms with van der Waals surface area (Å²) in [7, 11) is 0. The zero-order valence-electron chi connectivity index (χ0n) is 8.74. The van der Waals surface area contributed by atoms with Crippen LogP contribution in [0, 0.1) is 0 Å². The maximum Gasteiger partial charge on any atom is 0.310 e. The quantitative estimate of drug-likeness (QED) is 0.593. The number of hydrogen-bond donors (Lipinski definition) is 0. The van der Waals surface area contributed by atoms with Crippen molar-refractivity contribution >= 4 is 28.5 Å². The summed E-state index contributed by atoms with van der Waals surface area (Å²) in [5.74, 6) is 0.230. The van der Waals surface area contributed by atoms with Gasteiger partial charge in [-0.1, -0.05) is 18.5 Å². The molecule has 0 N–H and O–H groups in total. The molecule has 0 aliphatic heterocycles. The van der Waals surface area contributed by atoms with Crippen molar-refractivity contribution in [3.63, 3.8) is 0 Å². The minimum Gasteiger partial charge on any atom is -0.427 e. The van der Waals surface area contributed by atoms with Gasteiger partial charge < -0.3 is 4.74 Å². The average Bonchev–Trinajstić information content (AvgIpc) is 2.30. The van der Waals surface area contributed by atoms with Gasteiger partial charge in [0.2, 0.25) is 0 Å². The van der Waals surface area contributed by atoms with E-state index in [1.165, 1.54) is 0 Å². The minimum atomic E-state index is -0.264. The molecule has 1 aromatic heterocycles. The molecule has 82 valence electrons. The summed E-state index contributed by atoms with van der Waals surface area (Å²) < 4.78 is 5.10. The van der Waals surface area contributed by atoms with Crippen LogP contribution in [0.5, 0.6) is 5.75 Å². The Morgan fingerprint density at radius 3 is 3.00 bits per heavy atom. The fourth-order valence-electron chi connectivity index (χ4n) is 1.36. The average molecular weight is 236 g/mol. The highest BCUT2D eigenvalue weighted by molar-refractivity contribution is 6.35. The van der Waals surface area contributed by atoms with E-state index in [9.17, 15) is 4.79 Å². The summed E-state index contributed by atoms with van der Waals surface area (Å²) in [5, 5.41) is 1.38. The predicted molar refractivity (Wildman–Crippen MR) is 62.7 cm³/mol. The third-order valence-corrected chi connectivity index (χ3v) is 2.51. The molecule has 1 heterocycles. The normalized spacial score (nSPS) is 10.4. The highest BCUT2D eigenvalue weighted by Crippen LogP contribution is 2.25. The Bertz CT molecular complexity index is 540. The predicted octanol–water partition coefficient (Wildman–Crippen LogP) is 3.20. The first-order valence-corrected chi connectivity index (χ1v) is 5.33. The molecule has 0 atom stereocenters. The lowest BCUT2D eigenvalue weighted by Crippen LogP contribution is -2.05. The molecule has 4 heteroatoms. The van der Waals surface area contributed by atoms with Gasteiger partial charge in [-0.2, -0.15) is 0 Å². The van der Waals surface area contributed by atoms with Crippen molar-refractivity contribution in [1.29, 1.82) is 0 Å². The van der Waals surface area contributed by atoms with Gasteiger partial charge in [0.15, 0.2) is 0 Å². The van der Waals surface area contributed by atoms with E-state index in [2.05, 4.69) is 4.98 Å². The maximum absolute atomic E-state index is 11.1. The molecule has 0 bridgehead atoms. The number of ether oxygens (including phenoxy) is 1. The zero-order chi connectivity index (χ0) is 11.5. The molecular weight excluding hydrogens is 226 g/mol. The summed E-state index contributed by atoms with van der Waals surface area (Å²) >= 11 is 6.02. The summed E-state index contributed by atoms with van der Waals surface area (Å²) in [6.07, 6.45) is 1.99. The van der Waals surface area contributed by atoms with Crippen LogP contribution >= 0.6 is 11.6 Å². The molecule has 3 nitrogen and oxygen atoms in total. The molecule has 0 amide bonds. The first-order valence-electron chi connectivity index (χ1n) is 4.95. The van der Waals surface area contributed by atoms with Gasteiger partial charge >= 0.3 is 5.97 Å². The fourth-order valence-corrected chi connectivity index (χ4v) is 1.57. The van der Waals surface area contributed by atoms with Crippen LogP contribution in [0.15, 0.2) is 30.5 Å². The van der Waals surface area contributed by atoms with E-state index >= 15 is 0 Å². The summed E-state index contributed by atoms with van der Waals surface area (Å²) in [5.41, 5.74) is 0.781. The van der Waals surface area contributed by atoms with Crippen LogP contribution in [0.1, 0.15) is 13.3 Å². The molecule has 0 fully saturated rings. The number of fused-ring (bicyclic) bond motifs is 1. The lowest BCUT2D eigenvalue weighted by atomic mass is 10.2. The Morgan fingerprint density at radius 2 is 2.25 bits per heavy atom. The highest BCUT2D eigenvalue weighted by Gasteiger charge is 2.05. The van der Waals surface area contributed by atoms with Gasteiger partial charge in [-0.05, 0) is 24.3 Å². The van der Waals surface area contributed by atoms with Gasteiger partial charge in [0, 0.05) is 18.0 Å². The van der Waals surface area contributed by atoms with Gasteiger partial charge in [-0.15, -0.1) is 0 Å². The van der Waals surface area contributed by atoms with Crippen molar-refractivity contribution < 1.29 is 9.53 Å². The molecule has 0 unspecified atom stereocenters. The van der Waals surface area contributed by atoms with E-state index < -0.39 is 0 Å². The summed E-state index contributed by atoms with van der Waals surface area (Å²) in [6, 6.07) is 6.91. The molecule has 0 radical (unpaired) electrons. The lowest BCUT2D eigenvalue weighted by molar-refractivity contribution is -0.134. The van der Waals surface area contributed by atoms with Gasteiger partial charge in [-0.25, -0.2) is 0 Å². The number of hydrogen-bond acceptors (Lipinski definition) is 3. The molecule has 0 saturated carbocycles. The molecule has 0 aliphatic carbocycles. The molecule has 0 saturated heterocycles. The summed E-state index contributed by atoms with van der Waals surface area (Å²) in [4.78, 5) is 15.3. The Morgan fingerprint density at radius 1 is 1.44 bits per heavy atom. The first-order chi connectivity index (χ1) is 7.70. The van der Waals surface area contributed by atoms with Gasteiger partial charge in [0.25, 0.3) is 0 Å². The van der Waals surface area contributed by atoms with Crippen molar-refractivity contribution in [3.05, 3.63) is 35.5 Å². The Hall–Kier alpha value is -1.61. The van der Waals surface area contributed by atoms with Crippen LogP contribution in [0.3, 0.4) is 0 Å². The van der Waals surface area contributed by atoms with Crippen molar-refractivity contribution in [1.82, 2.24) is 4.98 Å². The monoisotopic (exact) mass is 235 g/mol. The van der Waals surface area contributed by atoms with Crippen LogP contribution in [0.4, 0.5) is 0 Å². The molecule has 1 aromatic carbocycles. The number of carbonyl (C=O) groups is 1. The van der Waals surface area contributed by atoms with Crippen LogP contribution in [-0.4, -0.2) is 11.0 Å². The number of benzene rings is 1. The van der Waals surface area contributed by atoms with Crippen molar-refractivity contribution in [3.8, 4) is 5.75 Å². The Labute approximate surface area is 98.0 Å². The van der Waals surface area contributed by atoms with Crippen LogP contribution in [0.25, 0.3) is 10.9 Å². The van der Waals surface area contributed by atoms with Crippen LogP contribution in [-0.2, 0) is 4.79 Å². The van der Waals surface area contributed by atoms with Crippen molar-refractivity contribution in [2.24, 2.45) is 0 Å². The molecule has 2 aromatic rings. The largest absolute Gasteiger partial charge is 0.427 e. The number of rotatable bonds is 2. The molecular formula is C12H10ClNO2. The third-order valence-electron chi connectivity index (χ3n) is 2.18. The molecule has 2 rings (SSSR count). The lowest BCUT2D eigenvalue weighted by Gasteiger charge is -2.04. The first kappa shape index (κ1) is 10.9. The van der Waals surface area contributed by atoms with E-state index in [4.69, 9.17) is 16.3 Å². The van der Waals surface area contributed by atoms with Gasteiger partial charge in [0.1, 0.15) is 5.75 Å². The SMILES string of the molecule is CCC(=O)Oc1ccc2nccc(Cl)c2c1. The van der Waals surface area contributed by atoms with E-state index in [1.807, 2.05) is 0 Å². The zero-order valence-corrected chi connectivity index (χ0v) is 9.49. The smallest absolute Gasteiger partial charge is 0.310 e. The van der Waals surface area contributed by atoms with E-state index in [0.717, 1.165) is 10.9 Å². The molecule has 0 aliphatic rings. The molecule has 0 spiro atoms. The number of esters is 1. The van der Waals surface area contributed by atoms with Crippen LogP contribution < -0.4 is 4.74 Å². The highest BCUT2D eigenvalue weighted by atomic mass is 35.5. The number of pyridine rings is 1. The van der Waals surface area contributed by atoms with Gasteiger partial charge in [-0.3, -0.25) is 9.78 Å². The fraction of sp³-hybridized carbons (Fsp3) is 0.167. The minimum absolute atomic E-state index is 0.264. The van der Waals surface area contributed by atoms with E-state index in [1.54, 1.807) is 37.4 Å². The molecule has 16 heavy (non-hydrogen) atoms. The second-order valence-corrected chi connectivity index (χ2v) is 3.71. The van der Waals surface area contributed by atoms with Gasteiger partial charge in [0.05, 0.1) is 10.5 Å². The Balaban J connectivity index is 2.43. The maximum atomic E-state index is 11.1. The summed E-state index contributed by atoms with van der Waals surface area (Å²) in [6.45, 7) is 1.75. The van der Waals surface area contributed by atoms with E-state index in [0.29, 0.717) is 17.2 Å². The topological polar surface area (TPSA) is 39.2 Å². The Kier molecular flexibility index (Phi) is 3.06. The number of halogens is 1. The third kappa shape index (κ3) is 2.14.